The highest BCUT2D eigenvalue weighted by molar-refractivity contribution is 7.23. The van der Waals surface area contributed by atoms with Crippen molar-refractivity contribution in [3.63, 3.8) is 0 Å². The first kappa shape index (κ1) is 22.5. The summed E-state index contributed by atoms with van der Waals surface area (Å²) in [6, 6.07) is 24.5. The first-order valence-corrected chi connectivity index (χ1v) is 12.5. The molecular formula is C28H20ClN3O3S. The van der Waals surface area contributed by atoms with Gasteiger partial charge in [-0.05, 0) is 36.4 Å². The van der Waals surface area contributed by atoms with Crippen molar-refractivity contribution in [2.45, 2.75) is 12.5 Å². The molecule has 0 bridgehead atoms. The zero-order valence-electron chi connectivity index (χ0n) is 19.2. The van der Waals surface area contributed by atoms with E-state index in [1.54, 1.807) is 30.3 Å². The molecule has 0 N–H and O–H groups in total. The number of rotatable bonds is 5. The number of para-hydroxylation sites is 2. The molecule has 1 aliphatic rings. The Hall–Kier alpha value is -3.94. The van der Waals surface area contributed by atoms with Gasteiger partial charge in [-0.2, -0.15) is 0 Å². The molecule has 5 aromatic rings. The third kappa shape index (κ3) is 3.86. The Labute approximate surface area is 216 Å². The SMILES string of the molecule is COc1ccc(Cl)c2sc(N(Cc3ccccn3)C(=O)C3c4ccccc4Oc4ccccc43)nc12. The normalized spacial score (nSPS) is 12.5. The van der Waals surface area contributed by atoms with Gasteiger partial charge in [-0.25, -0.2) is 4.98 Å². The van der Waals surface area contributed by atoms with Crippen molar-refractivity contribution in [3.05, 3.63) is 107 Å². The van der Waals surface area contributed by atoms with Crippen molar-refractivity contribution in [2.75, 3.05) is 12.0 Å². The molecule has 0 aliphatic carbocycles. The molecule has 0 atom stereocenters. The van der Waals surface area contributed by atoms with E-state index in [-0.39, 0.29) is 12.5 Å². The molecule has 0 saturated heterocycles. The third-order valence-corrected chi connectivity index (χ3v) is 7.68. The van der Waals surface area contributed by atoms with E-state index in [0.717, 1.165) is 21.5 Å². The highest BCUT2D eigenvalue weighted by Gasteiger charge is 2.37. The smallest absolute Gasteiger partial charge is 0.241 e. The molecule has 0 fully saturated rings. The summed E-state index contributed by atoms with van der Waals surface area (Å²) >= 11 is 7.87. The summed E-state index contributed by atoms with van der Waals surface area (Å²) in [5, 5.41) is 1.08. The number of carbonyl (C=O) groups excluding carboxylic acids is 1. The Morgan fingerprint density at radius 2 is 1.69 bits per heavy atom. The number of benzene rings is 3. The molecule has 6 rings (SSSR count). The van der Waals surface area contributed by atoms with E-state index in [2.05, 4.69) is 4.98 Å². The van der Waals surface area contributed by atoms with Crippen LogP contribution in [0.2, 0.25) is 5.02 Å². The molecule has 0 unspecified atom stereocenters. The Balaban J connectivity index is 1.52. The highest BCUT2D eigenvalue weighted by Crippen LogP contribution is 2.46. The number of fused-ring (bicyclic) bond motifs is 3. The Morgan fingerprint density at radius 3 is 2.36 bits per heavy atom. The second-order valence-electron chi connectivity index (χ2n) is 8.28. The maximum Gasteiger partial charge on any atom is 0.241 e. The maximum atomic E-state index is 14.5. The van der Waals surface area contributed by atoms with E-state index in [1.807, 2.05) is 66.7 Å². The lowest BCUT2D eigenvalue weighted by Gasteiger charge is -2.31. The van der Waals surface area contributed by atoms with Crippen LogP contribution in [0.1, 0.15) is 22.7 Å². The molecule has 36 heavy (non-hydrogen) atoms. The monoisotopic (exact) mass is 513 g/mol. The van der Waals surface area contributed by atoms with E-state index < -0.39 is 5.92 Å². The summed E-state index contributed by atoms with van der Waals surface area (Å²) in [6.07, 6.45) is 1.72. The molecule has 3 heterocycles. The number of methoxy groups -OCH3 is 1. The van der Waals surface area contributed by atoms with E-state index in [1.165, 1.54) is 11.3 Å². The summed E-state index contributed by atoms with van der Waals surface area (Å²) in [5.74, 6) is 1.24. The van der Waals surface area contributed by atoms with E-state index in [4.69, 9.17) is 26.1 Å². The van der Waals surface area contributed by atoms with Gasteiger partial charge in [-0.15, -0.1) is 0 Å². The predicted octanol–water partition coefficient (Wildman–Crippen LogP) is 6.82. The van der Waals surface area contributed by atoms with Gasteiger partial charge in [0.05, 0.1) is 35.0 Å². The van der Waals surface area contributed by atoms with Gasteiger partial charge in [0.25, 0.3) is 0 Å². The van der Waals surface area contributed by atoms with E-state index in [9.17, 15) is 4.79 Å². The number of anilines is 1. The number of thiazole rings is 1. The van der Waals surface area contributed by atoms with Crippen LogP contribution in [0, 0.1) is 0 Å². The van der Waals surface area contributed by atoms with Gasteiger partial charge in [0.1, 0.15) is 22.8 Å². The molecule has 1 aliphatic heterocycles. The molecule has 0 spiro atoms. The molecule has 8 heteroatoms. The molecule has 3 aromatic carbocycles. The number of halogens is 1. The van der Waals surface area contributed by atoms with Gasteiger partial charge in [-0.1, -0.05) is 65.4 Å². The second-order valence-corrected chi connectivity index (χ2v) is 9.66. The quantitative estimate of drug-likeness (QED) is 0.258. The summed E-state index contributed by atoms with van der Waals surface area (Å²) in [5.41, 5.74) is 2.99. The van der Waals surface area contributed by atoms with E-state index >= 15 is 0 Å². The zero-order valence-corrected chi connectivity index (χ0v) is 20.8. The number of nitrogens with zero attached hydrogens (tertiary/aromatic N) is 3. The van der Waals surface area contributed by atoms with Gasteiger partial charge < -0.3 is 9.47 Å². The first-order chi connectivity index (χ1) is 17.6. The number of aromatic nitrogens is 2. The lowest BCUT2D eigenvalue weighted by atomic mass is 9.87. The summed E-state index contributed by atoms with van der Waals surface area (Å²) in [7, 11) is 1.59. The topological polar surface area (TPSA) is 64.5 Å². The number of ether oxygens (including phenoxy) is 2. The number of carbonyl (C=O) groups is 1. The zero-order chi connectivity index (χ0) is 24.6. The van der Waals surface area contributed by atoms with Gasteiger partial charge in [0, 0.05) is 17.3 Å². The van der Waals surface area contributed by atoms with Crippen molar-refractivity contribution >= 4 is 44.2 Å². The fourth-order valence-corrected chi connectivity index (χ4v) is 5.71. The highest BCUT2D eigenvalue weighted by atomic mass is 35.5. The first-order valence-electron chi connectivity index (χ1n) is 11.3. The van der Waals surface area contributed by atoms with Crippen LogP contribution in [0.15, 0.2) is 85.1 Å². The van der Waals surface area contributed by atoms with Crippen molar-refractivity contribution in [2.24, 2.45) is 0 Å². The maximum absolute atomic E-state index is 14.5. The van der Waals surface area contributed by atoms with Crippen LogP contribution >= 0.6 is 22.9 Å². The van der Waals surface area contributed by atoms with Crippen LogP contribution in [0.5, 0.6) is 17.2 Å². The average molecular weight is 514 g/mol. The van der Waals surface area contributed by atoms with Crippen molar-refractivity contribution in [1.82, 2.24) is 9.97 Å². The molecule has 1 amide bonds. The van der Waals surface area contributed by atoms with Gasteiger partial charge >= 0.3 is 0 Å². The van der Waals surface area contributed by atoms with Crippen molar-refractivity contribution in [1.29, 1.82) is 0 Å². The summed E-state index contributed by atoms with van der Waals surface area (Å²) in [6.45, 7) is 0.251. The van der Waals surface area contributed by atoms with Crippen LogP contribution in [-0.4, -0.2) is 23.0 Å². The lowest BCUT2D eigenvalue weighted by molar-refractivity contribution is -0.119. The average Bonchev–Trinajstić information content (AvgIpc) is 3.37. The molecule has 2 aromatic heterocycles. The summed E-state index contributed by atoms with van der Waals surface area (Å²) in [4.78, 5) is 25.5. The minimum atomic E-state index is -0.570. The standard InChI is InChI=1S/C28H20ClN3O3S/c1-34-23-14-13-20(29)26-25(23)31-28(36-26)32(16-17-8-6-7-15-30-17)27(33)24-18-9-2-4-11-21(18)35-22-12-5-3-10-19(22)24/h2-15,24H,16H2,1H3. The van der Waals surface area contributed by atoms with Crippen LogP contribution in [-0.2, 0) is 11.3 Å². The van der Waals surface area contributed by atoms with Gasteiger partial charge in [0.2, 0.25) is 5.91 Å². The minimum absolute atomic E-state index is 0.127. The molecule has 6 nitrogen and oxygen atoms in total. The fourth-order valence-electron chi connectivity index (χ4n) is 4.45. The van der Waals surface area contributed by atoms with Crippen LogP contribution in [0.4, 0.5) is 5.13 Å². The fraction of sp³-hybridized carbons (Fsp3) is 0.107. The van der Waals surface area contributed by atoms with Crippen molar-refractivity contribution < 1.29 is 14.3 Å². The van der Waals surface area contributed by atoms with Gasteiger partial charge in [0.15, 0.2) is 5.13 Å². The van der Waals surface area contributed by atoms with Crippen molar-refractivity contribution in [3.8, 4) is 17.2 Å². The molecule has 178 valence electrons. The van der Waals surface area contributed by atoms with E-state index in [0.29, 0.717) is 32.9 Å². The second kappa shape index (κ2) is 9.26. The lowest BCUT2D eigenvalue weighted by Crippen LogP contribution is -2.36. The predicted molar refractivity (Wildman–Crippen MR) is 141 cm³/mol. The van der Waals surface area contributed by atoms with Crippen LogP contribution < -0.4 is 14.4 Å². The Kier molecular flexibility index (Phi) is 5.79. The van der Waals surface area contributed by atoms with Gasteiger partial charge in [-0.3, -0.25) is 14.7 Å². The Bertz CT molecular complexity index is 1540. The number of hydrogen-bond donors (Lipinski definition) is 0. The minimum Gasteiger partial charge on any atom is -0.494 e. The Morgan fingerprint density at radius 1 is 1.00 bits per heavy atom. The number of pyridine rings is 1. The largest absolute Gasteiger partial charge is 0.494 e. The van der Waals surface area contributed by atoms with Crippen LogP contribution in [0.25, 0.3) is 10.2 Å². The summed E-state index contributed by atoms with van der Waals surface area (Å²) < 4.78 is 12.4. The van der Waals surface area contributed by atoms with Crippen LogP contribution in [0.3, 0.4) is 0 Å². The molecule has 0 radical (unpaired) electrons. The third-order valence-electron chi connectivity index (χ3n) is 6.14. The number of amides is 1. The number of hydrogen-bond acceptors (Lipinski definition) is 6. The molecular weight excluding hydrogens is 494 g/mol. The molecule has 0 saturated carbocycles.